The molecule has 0 saturated heterocycles. The van der Waals surface area contributed by atoms with E-state index in [0.29, 0.717) is 5.76 Å². The van der Waals surface area contributed by atoms with E-state index in [1.807, 2.05) is 0 Å². The first kappa shape index (κ1) is 11.5. The predicted octanol–water partition coefficient (Wildman–Crippen LogP) is 2.95. The quantitative estimate of drug-likeness (QED) is 0.639. The standard InChI is InChI=1S/C12H16ClNO2/c13-9-5-2-1-3-6-10(9)14-12(15)11-7-4-8-16-11/h4,7-10H,1-3,5-6H2,(H,14,15). The Bertz CT molecular complexity index is 337. The number of nitrogens with one attached hydrogen (secondary N) is 1. The monoisotopic (exact) mass is 241 g/mol. The summed E-state index contributed by atoms with van der Waals surface area (Å²) in [5.74, 6) is 0.190. The fraction of sp³-hybridized carbons (Fsp3) is 0.583. The molecule has 1 aliphatic carbocycles. The summed E-state index contributed by atoms with van der Waals surface area (Å²) in [4.78, 5) is 11.8. The van der Waals surface area contributed by atoms with E-state index in [2.05, 4.69) is 5.32 Å². The molecule has 0 aromatic carbocycles. The molecule has 1 N–H and O–H groups in total. The number of carbonyl (C=O) groups excluding carboxylic acids is 1. The Morgan fingerprint density at radius 3 is 2.94 bits per heavy atom. The molecule has 3 nitrogen and oxygen atoms in total. The van der Waals surface area contributed by atoms with Gasteiger partial charge in [0.2, 0.25) is 0 Å². The van der Waals surface area contributed by atoms with Crippen molar-refractivity contribution in [1.29, 1.82) is 0 Å². The normalized spacial score (nSPS) is 26.1. The Morgan fingerprint density at radius 2 is 2.19 bits per heavy atom. The first-order valence-electron chi connectivity index (χ1n) is 5.76. The molecule has 0 bridgehead atoms. The van der Waals surface area contributed by atoms with Crippen LogP contribution in [0.5, 0.6) is 0 Å². The van der Waals surface area contributed by atoms with Crippen molar-refractivity contribution in [3.8, 4) is 0 Å². The molecular weight excluding hydrogens is 226 g/mol. The molecule has 1 heterocycles. The van der Waals surface area contributed by atoms with Crippen LogP contribution in [0.15, 0.2) is 22.8 Å². The number of rotatable bonds is 2. The average Bonchev–Trinajstić information content (AvgIpc) is 2.73. The van der Waals surface area contributed by atoms with Crippen LogP contribution in [0.3, 0.4) is 0 Å². The molecule has 2 rings (SSSR count). The van der Waals surface area contributed by atoms with Crippen LogP contribution in [0.25, 0.3) is 0 Å². The van der Waals surface area contributed by atoms with E-state index in [1.54, 1.807) is 12.1 Å². The fourth-order valence-electron chi connectivity index (χ4n) is 2.07. The second kappa shape index (κ2) is 5.39. The van der Waals surface area contributed by atoms with Gasteiger partial charge in [-0.05, 0) is 25.0 Å². The summed E-state index contributed by atoms with van der Waals surface area (Å²) in [6, 6.07) is 3.44. The van der Waals surface area contributed by atoms with Crippen molar-refractivity contribution in [2.45, 2.75) is 43.5 Å². The maximum atomic E-state index is 11.8. The highest BCUT2D eigenvalue weighted by Gasteiger charge is 2.24. The number of furan rings is 1. The first-order chi connectivity index (χ1) is 7.77. The summed E-state index contributed by atoms with van der Waals surface area (Å²) in [5, 5.41) is 2.99. The summed E-state index contributed by atoms with van der Waals surface area (Å²) in [6.45, 7) is 0. The van der Waals surface area contributed by atoms with Crippen LogP contribution in [0, 0.1) is 0 Å². The second-order valence-electron chi connectivity index (χ2n) is 4.21. The van der Waals surface area contributed by atoms with Crippen LogP contribution in [-0.4, -0.2) is 17.3 Å². The van der Waals surface area contributed by atoms with Crippen molar-refractivity contribution in [1.82, 2.24) is 5.32 Å². The third kappa shape index (κ3) is 2.79. The molecule has 88 valence electrons. The van der Waals surface area contributed by atoms with Crippen LogP contribution in [-0.2, 0) is 0 Å². The van der Waals surface area contributed by atoms with E-state index in [4.69, 9.17) is 16.0 Å². The zero-order valence-electron chi connectivity index (χ0n) is 9.12. The van der Waals surface area contributed by atoms with E-state index in [0.717, 1.165) is 25.7 Å². The number of hydrogen-bond donors (Lipinski definition) is 1. The van der Waals surface area contributed by atoms with Crippen molar-refractivity contribution in [2.75, 3.05) is 0 Å². The number of halogens is 1. The van der Waals surface area contributed by atoms with Crippen molar-refractivity contribution in [3.63, 3.8) is 0 Å². The Hall–Kier alpha value is -0.960. The van der Waals surface area contributed by atoms with Gasteiger partial charge in [-0.2, -0.15) is 0 Å². The first-order valence-corrected chi connectivity index (χ1v) is 6.19. The Labute approximate surface area is 100 Å². The number of hydrogen-bond acceptors (Lipinski definition) is 2. The minimum absolute atomic E-state index is 0.0430. The second-order valence-corrected chi connectivity index (χ2v) is 4.77. The van der Waals surface area contributed by atoms with Gasteiger partial charge < -0.3 is 9.73 Å². The molecule has 1 amide bonds. The molecule has 1 saturated carbocycles. The number of amides is 1. The van der Waals surface area contributed by atoms with Crippen LogP contribution < -0.4 is 5.32 Å². The lowest BCUT2D eigenvalue weighted by Gasteiger charge is -2.20. The van der Waals surface area contributed by atoms with Gasteiger partial charge in [0.15, 0.2) is 5.76 Å². The Balaban J connectivity index is 1.95. The van der Waals surface area contributed by atoms with Crippen LogP contribution in [0.4, 0.5) is 0 Å². The van der Waals surface area contributed by atoms with E-state index in [1.165, 1.54) is 12.7 Å². The molecule has 2 unspecified atom stereocenters. The van der Waals surface area contributed by atoms with Crippen molar-refractivity contribution < 1.29 is 9.21 Å². The van der Waals surface area contributed by atoms with E-state index in [9.17, 15) is 4.79 Å². The van der Waals surface area contributed by atoms with Crippen molar-refractivity contribution in [2.24, 2.45) is 0 Å². The van der Waals surface area contributed by atoms with Gasteiger partial charge in [-0.1, -0.05) is 19.3 Å². The van der Waals surface area contributed by atoms with E-state index in [-0.39, 0.29) is 17.3 Å². The van der Waals surface area contributed by atoms with Gasteiger partial charge in [0.05, 0.1) is 11.6 Å². The molecule has 16 heavy (non-hydrogen) atoms. The van der Waals surface area contributed by atoms with Gasteiger partial charge in [-0.25, -0.2) is 0 Å². The predicted molar refractivity (Wildman–Crippen MR) is 62.7 cm³/mol. The minimum Gasteiger partial charge on any atom is -0.459 e. The van der Waals surface area contributed by atoms with Crippen LogP contribution in [0.1, 0.15) is 42.7 Å². The molecule has 0 radical (unpaired) electrons. The SMILES string of the molecule is O=C(NC1CCCCCC1Cl)c1ccco1. The summed E-state index contributed by atoms with van der Waals surface area (Å²) in [6.07, 6.45) is 6.93. The number of carbonyl (C=O) groups is 1. The summed E-state index contributed by atoms with van der Waals surface area (Å²) in [5.41, 5.74) is 0. The van der Waals surface area contributed by atoms with Crippen LogP contribution >= 0.6 is 11.6 Å². The molecule has 2 atom stereocenters. The Morgan fingerprint density at radius 1 is 1.38 bits per heavy atom. The molecule has 1 aliphatic rings. The third-order valence-corrected chi connectivity index (χ3v) is 3.52. The lowest BCUT2D eigenvalue weighted by Crippen LogP contribution is -2.40. The van der Waals surface area contributed by atoms with Gasteiger partial charge >= 0.3 is 0 Å². The lowest BCUT2D eigenvalue weighted by molar-refractivity contribution is 0.0906. The minimum atomic E-state index is -0.164. The molecule has 1 aromatic heterocycles. The molecule has 1 fully saturated rings. The van der Waals surface area contributed by atoms with Gasteiger partial charge in [0, 0.05) is 6.04 Å². The highest BCUT2D eigenvalue weighted by molar-refractivity contribution is 6.21. The van der Waals surface area contributed by atoms with E-state index < -0.39 is 0 Å². The zero-order valence-corrected chi connectivity index (χ0v) is 9.87. The zero-order chi connectivity index (χ0) is 11.4. The summed E-state index contributed by atoms with van der Waals surface area (Å²) >= 11 is 6.25. The smallest absolute Gasteiger partial charge is 0.287 e. The van der Waals surface area contributed by atoms with Crippen molar-refractivity contribution in [3.05, 3.63) is 24.2 Å². The van der Waals surface area contributed by atoms with Gasteiger partial charge in [0.25, 0.3) is 5.91 Å². The fourth-order valence-corrected chi connectivity index (χ4v) is 2.42. The summed E-state index contributed by atoms with van der Waals surface area (Å²) in [7, 11) is 0. The van der Waals surface area contributed by atoms with Crippen LogP contribution in [0.2, 0.25) is 0 Å². The van der Waals surface area contributed by atoms with Gasteiger partial charge in [-0.3, -0.25) is 4.79 Å². The topological polar surface area (TPSA) is 42.2 Å². The number of alkyl halides is 1. The Kier molecular flexibility index (Phi) is 3.88. The largest absolute Gasteiger partial charge is 0.459 e. The molecule has 0 spiro atoms. The molecule has 0 aliphatic heterocycles. The highest BCUT2D eigenvalue weighted by Crippen LogP contribution is 2.22. The van der Waals surface area contributed by atoms with Crippen molar-refractivity contribution >= 4 is 17.5 Å². The molecule has 1 aromatic rings. The average molecular weight is 242 g/mol. The molecule has 4 heteroatoms. The van der Waals surface area contributed by atoms with Gasteiger partial charge in [0.1, 0.15) is 0 Å². The maximum absolute atomic E-state index is 11.8. The molecular formula is C12H16ClNO2. The summed E-state index contributed by atoms with van der Waals surface area (Å²) < 4.78 is 5.05. The highest BCUT2D eigenvalue weighted by atomic mass is 35.5. The lowest BCUT2D eigenvalue weighted by atomic mass is 10.1. The van der Waals surface area contributed by atoms with E-state index >= 15 is 0 Å². The van der Waals surface area contributed by atoms with Gasteiger partial charge in [-0.15, -0.1) is 11.6 Å². The maximum Gasteiger partial charge on any atom is 0.287 e. The third-order valence-electron chi connectivity index (χ3n) is 2.99.